The topological polar surface area (TPSA) is 90.3 Å². The van der Waals surface area contributed by atoms with Gasteiger partial charge >= 0.3 is 0 Å². The highest BCUT2D eigenvalue weighted by Crippen LogP contribution is 2.34. The van der Waals surface area contributed by atoms with Gasteiger partial charge in [-0.2, -0.15) is 5.10 Å². The average molecular weight is 411 g/mol. The molecular weight excluding hydrogens is 392 g/mol. The molecule has 1 aromatic carbocycles. The molecule has 2 N–H and O–H groups in total. The van der Waals surface area contributed by atoms with Crippen molar-refractivity contribution in [1.29, 1.82) is 0 Å². The monoisotopic (exact) mass is 410 g/mol. The molecule has 2 heterocycles. The Morgan fingerprint density at radius 2 is 2.04 bits per heavy atom. The molecule has 0 saturated heterocycles. The van der Waals surface area contributed by atoms with E-state index >= 15 is 0 Å². The summed E-state index contributed by atoms with van der Waals surface area (Å²) in [6.07, 6.45) is 2.45. The highest BCUT2D eigenvalue weighted by molar-refractivity contribution is 7.99. The molecule has 0 radical (unpaired) electrons. The third-order valence-electron chi connectivity index (χ3n) is 4.22. The molecule has 0 aliphatic rings. The van der Waals surface area contributed by atoms with E-state index in [0.29, 0.717) is 28.7 Å². The van der Waals surface area contributed by atoms with Gasteiger partial charge < -0.3 is 5.73 Å². The molecule has 6 nitrogen and oxygen atoms in total. The summed E-state index contributed by atoms with van der Waals surface area (Å²) in [5.41, 5.74) is 8.61. The van der Waals surface area contributed by atoms with Gasteiger partial charge in [0.1, 0.15) is 5.03 Å². The maximum atomic E-state index is 13.3. The van der Waals surface area contributed by atoms with Crippen LogP contribution in [0.1, 0.15) is 17.0 Å². The molecule has 0 unspecified atom stereocenters. The Hall–Kier alpha value is -1.61. The Morgan fingerprint density at radius 3 is 2.65 bits per heavy atom. The third kappa shape index (κ3) is 3.11. The fourth-order valence-electron chi connectivity index (χ4n) is 2.95. The summed E-state index contributed by atoms with van der Waals surface area (Å²) < 4.78 is 28.2. The normalized spacial score (nSPS) is 12.0. The Kier molecular flexibility index (Phi) is 5.30. The standard InChI is InChI=1S/C17H19ClN4O2S2/c1-10-14(7-8-19)11(2)22-16(20-10)15(17(21-22)25-3)26(23,24)13-6-4-5-12(18)9-13/h4-6,9H,7-8,19H2,1-3H3. The van der Waals surface area contributed by atoms with Gasteiger partial charge in [-0.05, 0) is 56.8 Å². The Balaban J connectivity index is 2.36. The lowest BCUT2D eigenvalue weighted by molar-refractivity contribution is 0.594. The van der Waals surface area contributed by atoms with Crippen LogP contribution in [0.25, 0.3) is 5.65 Å². The minimum absolute atomic E-state index is 0.109. The molecular formula is C17H19ClN4O2S2. The molecule has 0 fully saturated rings. The Morgan fingerprint density at radius 1 is 1.31 bits per heavy atom. The number of nitrogens with zero attached hydrogens (tertiary/aromatic N) is 3. The van der Waals surface area contributed by atoms with Crippen LogP contribution in [-0.4, -0.2) is 35.8 Å². The zero-order valence-electron chi connectivity index (χ0n) is 14.7. The first-order chi connectivity index (χ1) is 12.3. The van der Waals surface area contributed by atoms with Gasteiger partial charge in [-0.1, -0.05) is 17.7 Å². The van der Waals surface area contributed by atoms with E-state index < -0.39 is 9.84 Å². The van der Waals surface area contributed by atoms with Gasteiger partial charge in [-0.3, -0.25) is 0 Å². The molecule has 0 bridgehead atoms. The average Bonchev–Trinajstić information content (AvgIpc) is 2.98. The number of benzene rings is 1. The fraction of sp³-hybridized carbons (Fsp3) is 0.294. The van der Waals surface area contributed by atoms with Gasteiger partial charge in [-0.15, -0.1) is 11.8 Å². The number of aryl methyl sites for hydroxylation is 2. The molecule has 2 aromatic heterocycles. The smallest absolute Gasteiger partial charge is 0.213 e. The lowest BCUT2D eigenvalue weighted by Crippen LogP contribution is -2.11. The molecule has 3 rings (SSSR count). The number of hydrogen-bond acceptors (Lipinski definition) is 6. The highest BCUT2D eigenvalue weighted by Gasteiger charge is 2.29. The molecule has 9 heteroatoms. The fourth-order valence-corrected chi connectivity index (χ4v) is 5.64. The van der Waals surface area contributed by atoms with Gasteiger partial charge in [0.25, 0.3) is 0 Å². The lowest BCUT2D eigenvalue weighted by atomic mass is 10.1. The van der Waals surface area contributed by atoms with Crippen LogP contribution in [0.15, 0.2) is 39.1 Å². The van der Waals surface area contributed by atoms with Crippen LogP contribution in [0.5, 0.6) is 0 Å². The van der Waals surface area contributed by atoms with E-state index in [9.17, 15) is 8.42 Å². The summed E-state index contributed by atoms with van der Waals surface area (Å²) in [7, 11) is -3.82. The predicted molar refractivity (Wildman–Crippen MR) is 104 cm³/mol. The van der Waals surface area contributed by atoms with Crippen LogP contribution in [0.4, 0.5) is 0 Å². The third-order valence-corrected chi connectivity index (χ3v) is 7.04. The number of rotatable bonds is 5. The number of fused-ring (bicyclic) bond motifs is 1. The van der Waals surface area contributed by atoms with Crippen LogP contribution >= 0.6 is 23.4 Å². The maximum absolute atomic E-state index is 13.3. The van der Waals surface area contributed by atoms with Crippen molar-refractivity contribution >= 4 is 38.8 Å². The van der Waals surface area contributed by atoms with Crippen LogP contribution in [0.3, 0.4) is 0 Å². The van der Waals surface area contributed by atoms with E-state index in [0.717, 1.165) is 17.0 Å². The summed E-state index contributed by atoms with van der Waals surface area (Å²) >= 11 is 7.26. The van der Waals surface area contributed by atoms with Crippen LogP contribution < -0.4 is 5.73 Å². The van der Waals surface area contributed by atoms with E-state index in [1.165, 1.54) is 23.9 Å². The first kappa shape index (κ1) is 19.2. The second kappa shape index (κ2) is 7.19. The summed E-state index contributed by atoms with van der Waals surface area (Å²) in [6.45, 7) is 4.25. The molecule has 0 spiro atoms. The molecule has 26 heavy (non-hydrogen) atoms. The quantitative estimate of drug-likeness (QED) is 0.650. The van der Waals surface area contributed by atoms with E-state index in [1.807, 2.05) is 13.8 Å². The minimum Gasteiger partial charge on any atom is -0.330 e. The predicted octanol–water partition coefficient (Wildman–Crippen LogP) is 3.06. The molecule has 0 atom stereocenters. The number of aromatic nitrogens is 3. The van der Waals surface area contributed by atoms with Crippen LogP contribution in [0, 0.1) is 13.8 Å². The second-order valence-electron chi connectivity index (χ2n) is 5.83. The van der Waals surface area contributed by atoms with Crippen molar-refractivity contribution in [1.82, 2.24) is 14.6 Å². The lowest BCUT2D eigenvalue weighted by Gasteiger charge is -2.10. The molecule has 3 aromatic rings. The van der Waals surface area contributed by atoms with Gasteiger partial charge in [0, 0.05) is 16.4 Å². The minimum atomic E-state index is -3.82. The van der Waals surface area contributed by atoms with Gasteiger partial charge in [0.05, 0.1) is 4.90 Å². The molecule has 0 aliphatic carbocycles. The molecule has 0 saturated carbocycles. The van der Waals surface area contributed by atoms with E-state index in [4.69, 9.17) is 17.3 Å². The first-order valence-electron chi connectivity index (χ1n) is 7.94. The number of sulfone groups is 1. The SMILES string of the molecule is CSc1nn2c(C)c(CCN)c(C)nc2c1S(=O)(=O)c1cccc(Cl)c1. The van der Waals surface area contributed by atoms with E-state index in [-0.39, 0.29) is 9.79 Å². The number of nitrogens with two attached hydrogens (primary N) is 1. The van der Waals surface area contributed by atoms with E-state index in [2.05, 4.69) is 10.1 Å². The van der Waals surface area contributed by atoms with Crippen LogP contribution in [-0.2, 0) is 16.3 Å². The number of halogens is 1. The van der Waals surface area contributed by atoms with Crippen molar-refractivity contribution < 1.29 is 8.42 Å². The van der Waals surface area contributed by atoms with E-state index in [1.54, 1.807) is 22.9 Å². The Bertz CT molecular complexity index is 1090. The summed E-state index contributed by atoms with van der Waals surface area (Å²) in [5.74, 6) is 0. The maximum Gasteiger partial charge on any atom is 0.213 e. The summed E-state index contributed by atoms with van der Waals surface area (Å²) in [5, 5.41) is 5.26. The Labute approximate surface area is 161 Å². The summed E-state index contributed by atoms with van der Waals surface area (Å²) in [4.78, 5) is 4.79. The first-order valence-corrected chi connectivity index (χ1v) is 11.0. The van der Waals surface area contributed by atoms with Crippen LogP contribution in [0.2, 0.25) is 5.02 Å². The second-order valence-corrected chi connectivity index (χ2v) is 8.95. The van der Waals surface area contributed by atoms with Gasteiger partial charge in [0.2, 0.25) is 9.84 Å². The van der Waals surface area contributed by atoms with Crippen molar-refractivity contribution in [2.24, 2.45) is 5.73 Å². The van der Waals surface area contributed by atoms with Crippen molar-refractivity contribution in [2.45, 2.75) is 35.1 Å². The van der Waals surface area contributed by atoms with Gasteiger partial charge in [-0.25, -0.2) is 17.9 Å². The van der Waals surface area contributed by atoms with Crippen molar-refractivity contribution in [3.63, 3.8) is 0 Å². The number of thioether (sulfide) groups is 1. The summed E-state index contributed by atoms with van der Waals surface area (Å²) in [6, 6.07) is 6.21. The van der Waals surface area contributed by atoms with Crippen molar-refractivity contribution in [2.75, 3.05) is 12.8 Å². The molecule has 0 aliphatic heterocycles. The zero-order chi connectivity index (χ0) is 19.1. The zero-order valence-corrected chi connectivity index (χ0v) is 17.0. The molecule has 0 amide bonds. The van der Waals surface area contributed by atoms with Crippen molar-refractivity contribution in [3.8, 4) is 0 Å². The number of hydrogen-bond donors (Lipinski definition) is 1. The molecule has 138 valence electrons. The highest BCUT2D eigenvalue weighted by atomic mass is 35.5. The van der Waals surface area contributed by atoms with Crippen molar-refractivity contribution in [3.05, 3.63) is 46.2 Å². The largest absolute Gasteiger partial charge is 0.330 e. The van der Waals surface area contributed by atoms with Gasteiger partial charge in [0.15, 0.2) is 10.5 Å².